The quantitative estimate of drug-likeness (QED) is 0.415. The number of benzene rings is 2. The largest absolute Gasteiger partial charge is 0.367 e. The number of pyridine rings is 1. The zero-order valence-corrected chi connectivity index (χ0v) is 22.0. The fourth-order valence-electron chi connectivity index (χ4n) is 6.14. The normalized spacial score (nSPS) is 18.2. The van der Waals surface area contributed by atoms with Crippen LogP contribution in [0.4, 0.5) is 10.1 Å². The third-order valence-electron chi connectivity index (χ3n) is 8.43. The minimum atomic E-state index is -0.399. The van der Waals surface area contributed by atoms with Gasteiger partial charge in [-0.2, -0.15) is 0 Å². The van der Waals surface area contributed by atoms with Crippen molar-refractivity contribution in [3.05, 3.63) is 81.2 Å². The summed E-state index contributed by atoms with van der Waals surface area (Å²) in [7, 11) is 0. The van der Waals surface area contributed by atoms with Crippen LogP contribution in [0.5, 0.6) is 0 Å². The molecule has 2 fully saturated rings. The lowest BCUT2D eigenvalue weighted by Crippen LogP contribution is -2.49. The molecule has 1 aliphatic carbocycles. The molecule has 0 radical (unpaired) electrons. The molecule has 2 aromatic heterocycles. The molecular weight excluding hydrogens is 481 g/mol. The van der Waals surface area contributed by atoms with Crippen LogP contribution in [0.15, 0.2) is 47.3 Å². The number of aromatic amines is 1. The van der Waals surface area contributed by atoms with E-state index in [2.05, 4.69) is 49.4 Å². The van der Waals surface area contributed by atoms with Crippen LogP contribution in [0.1, 0.15) is 66.7 Å². The molecule has 0 amide bonds. The summed E-state index contributed by atoms with van der Waals surface area (Å²) in [6.07, 6.45) is 5.63. The van der Waals surface area contributed by atoms with E-state index in [1.54, 1.807) is 6.07 Å². The Kier molecular flexibility index (Phi) is 6.69. The molecule has 1 saturated carbocycles. The molecular formula is C29H34FN7O. The van der Waals surface area contributed by atoms with Crippen molar-refractivity contribution in [3.63, 3.8) is 0 Å². The van der Waals surface area contributed by atoms with E-state index < -0.39 is 6.04 Å². The van der Waals surface area contributed by atoms with Gasteiger partial charge in [0, 0.05) is 31.7 Å². The highest BCUT2D eigenvalue weighted by Crippen LogP contribution is 2.34. The zero-order chi connectivity index (χ0) is 26.2. The smallest absolute Gasteiger partial charge is 0.253 e. The molecule has 1 aliphatic heterocycles. The summed E-state index contributed by atoms with van der Waals surface area (Å²) in [6, 6.07) is 12.9. The number of aryl methyl sites for hydroxylation is 2. The summed E-state index contributed by atoms with van der Waals surface area (Å²) in [4.78, 5) is 21.2. The van der Waals surface area contributed by atoms with Crippen LogP contribution in [0.2, 0.25) is 0 Å². The molecule has 6 rings (SSSR count). The van der Waals surface area contributed by atoms with E-state index in [0.717, 1.165) is 47.7 Å². The second kappa shape index (κ2) is 10.3. The number of H-pyrrole nitrogens is 1. The summed E-state index contributed by atoms with van der Waals surface area (Å²) in [5.74, 6) is 0.500. The van der Waals surface area contributed by atoms with Gasteiger partial charge in [0.1, 0.15) is 11.9 Å². The van der Waals surface area contributed by atoms with Gasteiger partial charge in [0.2, 0.25) is 0 Å². The predicted octanol–water partition coefficient (Wildman–Crippen LogP) is 4.69. The lowest BCUT2D eigenvalue weighted by atomic mass is 9.94. The van der Waals surface area contributed by atoms with Gasteiger partial charge in [0.25, 0.3) is 5.56 Å². The summed E-state index contributed by atoms with van der Waals surface area (Å²) < 4.78 is 16.5. The Bertz CT molecular complexity index is 1500. The van der Waals surface area contributed by atoms with E-state index in [9.17, 15) is 9.18 Å². The van der Waals surface area contributed by atoms with Crippen molar-refractivity contribution in [2.24, 2.45) is 0 Å². The number of nitrogens with zero attached hydrogens (tertiary/aromatic N) is 6. The number of hydrogen-bond acceptors (Lipinski definition) is 6. The van der Waals surface area contributed by atoms with E-state index in [0.29, 0.717) is 43.3 Å². The van der Waals surface area contributed by atoms with Gasteiger partial charge < -0.3 is 9.88 Å². The first-order valence-electron chi connectivity index (χ1n) is 13.7. The van der Waals surface area contributed by atoms with Crippen LogP contribution in [-0.4, -0.2) is 56.3 Å². The van der Waals surface area contributed by atoms with Crippen LogP contribution < -0.4 is 10.5 Å². The molecule has 9 heteroatoms. The summed E-state index contributed by atoms with van der Waals surface area (Å²) in [5.41, 5.74) is 4.23. The summed E-state index contributed by atoms with van der Waals surface area (Å²) in [6.45, 7) is 6.69. The van der Waals surface area contributed by atoms with Crippen molar-refractivity contribution in [2.75, 3.05) is 31.1 Å². The van der Waals surface area contributed by atoms with Crippen LogP contribution in [0, 0.1) is 19.7 Å². The van der Waals surface area contributed by atoms with Crippen molar-refractivity contribution in [1.29, 1.82) is 0 Å². The lowest BCUT2D eigenvalue weighted by Gasteiger charge is -2.40. The average molecular weight is 516 g/mol. The van der Waals surface area contributed by atoms with Crippen molar-refractivity contribution in [3.8, 4) is 0 Å². The average Bonchev–Trinajstić information content (AvgIpc) is 3.42. The minimum Gasteiger partial charge on any atom is -0.367 e. The van der Waals surface area contributed by atoms with E-state index in [4.69, 9.17) is 0 Å². The van der Waals surface area contributed by atoms with Crippen LogP contribution in [0.3, 0.4) is 0 Å². The van der Waals surface area contributed by atoms with Crippen molar-refractivity contribution in [1.82, 2.24) is 30.1 Å². The first-order chi connectivity index (χ1) is 18.5. The number of anilines is 1. The zero-order valence-electron chi connectivity index (χ0n) is 22.0. The molecule has 1 saturated heterocycles. The van der Waals surface area contributed by atoms with E-state index in [1.165, 1.54) is 12.5 Å². The maximum Gasteiger partial charge on any atom is 0.253 e. The predicted molar refractivity (Wildman–Crippen MR) is 146 cm³/mol. The number of halogens is 1. The molecule has 0 unspecified atom stereocenters. The number of rotatable bonds is 5. The Labute approximate surface area is 221 Å². The van der Waals surface area contributed by atoms with Gasteiger partial charge in [0.15, 0.2) is 5.82 Å². The van der Waals surface area contributed by atoms with Gasteiger partial charge in [-0.3, -0.25) is 9.69 Å². The number of fused-ring (bicyclic) bond motifs is 1. The third-order valence-corrected chi connectivity index (χ3v) is 8.43. The molecule has 3 heterocycles. The van der Waals surface area contributed by atoms with Crippen molar-refractivity contribution in [2.45, 2.75) is 58.0 Å². The Morgan fingerprint density at radius 2 is 1.76 bits per heavy atom. The highest BCUT2D eigenvalue weighted by atomic mass is 19.1. The molecule has 1 atom stereocenters. The number of hydrogen-bond donors (Lipinski definition) is 1. The van der Waals surface area contributed by atoms with Crippen LogP contribution in [-0.2, 0) is 0 Å². The molecule has 0 spiro atoms. The van der Waals surface area contributed by atoms with Crippen molar-refractivity contribution >= 4 is 16.6 Å². The summed E-state index contributed by atoms with van der Waals surface area (Å²) in [5, 5.41) is 14.0. The van der Waals surface area contributed by atoms with Gasteiger partial charge in [-0.25, -0.2) is 9.07 Å². The van der Waals surface area contributed by atoms with E-state index >= 15 is 0 Å². The van der Waals surface area contributed by atoms with Gasteiger partial charge in [0.05, 0.1) is 17.2 Å². The van der Waals surface area contributed by atoms with E-state index in [-0.39, 0.29) is 17.4 Å². The molecule has 4 aromatic rings. The number of nitrogens with one attached hydrogen (secondary N) is 1. The summed E-state index contributed by atoms with van der Waals surface area (Å²) >= 11 is 0. The minimum absolute atomic E-state index is 0.120. The number of para-hydroxylation sites is 1. The Balaban J connectivity index is 1.40. The third kappa shape index (κ3) is 4.49. The fourth-order valence-corrected chi connectivity index (χ4v) is 6.14. The highest BCUT2D eigenvalue weighted by Gasteiger charge is 2.34. The number of piperazine rings is 1. The fraction of sp³-hybridized carbons (Fsp3) is 0.448. The topological polar surface area (TPSA) is 82.9 Å². The number of aromatic nitrogens is 5. The molecule has 1 N–H and O–H groups in total. The molecule has 38 heavy (non-hydrogen) atoms. The standard InChI is InChI=1S/C29H34FN7O/c1-19-12-13-21-18-23(29(38)31-26(21)20(19)2)27(28-32-33-34-37(28)22-8-4-3-5-9-22)36-16-14-35(15-17-36)25-11-7-6-10-24(25)30/h6-7,10-13,18,22,27H,3-5,8-9,14-17H2,1-2H3,(H,31,38)/t27-/m0/s1. The monoisotopic (exact) mass is 515 g/mol. The molecule has 2 aliphatic rings. The second-order valence-corrected chi connectivity index (χ2v) is 10.7. The molecule has 2 aromatic carbocycles. The van der Waals surface area contributed by atoms with Gasteiger partial charge >= 0.3 is 0 Å². The highest BCUT2D eigenvalue weighted by molar-refractivity contribution is 5.83. The SMILES string of the molecule is Cc1ccc2cc([C@@H](c3nnnn3C3CCCCC3)N3CCN(c4ccccc4F)CC3)c(=O)[nH]c2c1C. The van der Waals surface area contributed by atoms with E-state index in [1.807, 2.05) is 29.8 Å². The lowest BCUT2D eigenvalue weighted by molar-refractivity contribution is 0.192. The molecule has 8 nitrogen and oxygen atoms in total. The van der Waals surface area contributed by atoms with Gasteiger partial charge in [-0.1, -0.05) is 43.5 Å². The Hall–Kier alpha value is -3.59. The maximum atomic E-state index is 14.5. The molecule has 0 bridgehead atoms. The Morgan fingerprint density at radius 1 is 1.00 bits per heavy atom. The molecule has 198 valence electrons. The maximum absolute atomic E-state index is 14.5. The van der Waals surface area contributed by atoms with Gasteiger partial charge in [-0.05, 0) is 71.8 Å². The van der Waals surface area contributed by atoms with Crippen LogP contribution >= 0.6 is 0 Å². The first kappa shape index (κ1) is 24.7. The van der Waals surface area contributed by atoms with Crippen molar-refractivity contribution < 1.29 is 4.39 Å². The van der Waals surface area contributed by atoms with Gasteiger partial charge in [-0.15, -0.1) is 5.10 Å². The van der Waals surface area contributed by atoms with Crippen LogP contribution in [0.25, 0.3) is 10.9 Å². The number of tetrazole rings is 1. The second-order valence-electron chi connectivity index (χ2n) is 10.7. The Morgan fingerprint density at radius 3 is 2.53 bits per heavy atom. The first-order valence-corrected chi connectivity index (χ1v) is 13.7.